The van der Waals surface area contributed by atoms with E-state index in [0.717, 1.165) is 12.8 Å². The molecule has 26 heavy (non-hydrogen) atoms. The van der Waals surface area contributed by atoms with Crippen molar-refractivity contribution < 1.29 is 22.7 Å². The second kappa shape index (κ2) is 9.45. The fourth-order valence-electron chi connectivity index (χ4n) is 3.04. The highest BCUT2D eigenvalue weighted by atomic mass is 32.2. The number of carbonyl (C=O) groups excluding carboxylic acids is 1. The van der Waals surface area contributed by atoms with Crippen LogP contribution < -0.4 is 0 Å². The lowest BCUT2D eigenvalue weighted by molar-refractivity contribution is 0.0305. The third kappa shape index (κ3) is 4.82. The maximum absolute atomic E-state index is 13.0. The van der Waals surface area contributed by atoms with Gasteiger partial charge in [0.1, 0.15) is 0 Å². The van der Waals surface area contributed by atoms with Crippen LogP contribution in [0.5, 0.6) is 0 Å². The molecule has 2 rings (SSSR count). The smallest absolute Gasteiger partial charge is 0.254 e. The average molecular weight is 384 g/mol. The molecule has 0 aliphatic carbocycles. The van der Waals surface area contributed by atoms with Gasteiger partial charge in [-0.25, -0.2) is 8.42 Å². The Kier molecular flexibility index (Phi) is 7.57. The Balaban J connectivity index is 2.22. The van der Waals surface area contributed by atoms with Crippen LogP contribution >= 0.6 is 0 Å². The summed E-state index contributed by atoms with van der Waals surface area (Å²) in [5.41, 5.74) is 0.388. The van der Waals surface area contributed by atoms with Gasteiger partial charge in [-0.2, -0.15) is 4.31 Å². The van der Waals surface area contributed by atoms with Gasteiger partial charge in [0.15, 0.2) is 0 Å². The summed E-state index contributed by atoms with van der Waals surface area (Å²) in [4.78, 5) is 14.9. The summed E-state index contributed by atoms with van der Waals surface area (Å²) in [6.45, 7) is 4.36. The number of methoxy groups -OCH3 is 1. The highest BCUT2D eigenvalue weighted by molar-refractivity contribution is 7.89. The van der Waals surface area contributed by atoms with E-state index < -0.39 is 10.0 Å². The molecule has 0 N–H and O–H groups in total. The molecule has 1 aromatic carbocycles. The third-order valence-corrected chi connectivity index (χ3v) is 6.49. The lowest BCUT2D eigenvalue weighted by Crippen LogP contribution is -2.43. The molecule has 0 saturated carbocycles. The van der Waals surface area contributed by atoms with Crippen LogP contribution in [0.3, 0.4) is 0 Å². The molecule has 0 radical (unpaired) electrons. The minimum Gasteiger partial charge on any atom is -0.383 e. The third-order valence-electron chi connectivity index (χ3n) is 4.63. The summed E-state index contributed by atoms with van der Waals surface area (Å²) >= 11 is 0. The lowest BCUT2D eigenvalue weighted by Gasteiger charge is -2.33. The number of hydrogen-bond acceptors (Lipinski definition) is 5. The average Bonchev–Trinajstić information content (AvgIpc) is 2.67. The van der Waals surface area contributed by atoms with Crippen LogP contribution in [0.4, 0.5) is 0 Å². The van der Waals surface area contributed by atoms with Crippen LogP contribution in [-0.4, -0.2) is 76.6 Å². The summed E-state index contributed by atoms with van der Waals surface area (Å²) < 4.78 is 36.9. The minimum absolute atomic E-state index is 0.116. The van der Waals surface area contributed by atoms with E-state index in [0.29, 0.717) is 31.9 Å². The zero-order valence-corrected chi connectivity index (χ0v) is 16.5. The van der Waals surface area contributed by atoms with Crippen molar-refractivity contribution >= 4 is 15.9 Å². The molecule has 146 valence electrons. The Hall–Kier alpha value is -1.48. The summed E-state index contributed by atoms with van der Waals surface area (Å²) in [5.74, 6) is -0.143. The van der Waals surface area contributed by atoms with Crippen molar-refractivity contribution in [3.05, 3.63) is 29.8 Å². The van der Waals surface area contributed by atoms with Crippen LogP contribution in [0.25, 0.3) is 0 Å². The van der Waals surface area contributed by atoms with Gasteiger partial charge in [0.2, 0.25) is 10.0 Å². The number of ether oxygens (including phenoxy) is 2. The summed E-state index contributed by atoms with van der Waals surface area (Å²) in [5, 5.41) is 0. The van der Waals surface area contributed by atoms with Gasteiger partial charge in [-0.3, -0.25) is 4.79 Å². The van der Waals surface area contributed by atoms with Crippen molar-refractivity contribution in [1.29, 1.82) is 0 Å². The normalized spacial score (nSPS) is 16.0. The van der Waals surface area contributed by atoms with Crippen LogP contribution in [-0.2, 0) is 19.5 Å². The summed E-state index contributed by atoms with van der Waals surface area (Å²) in [6, 6.07) is 6.38. The molecule has 8 heteroatoms. The molecule has 1 aliphatic rings. The number of carbonyl (C=O) groups is 1. The summed E-state index contributed by atoms with van der Waals surface area (Å²) in [7, 11) is -0.636. The predicted molar refractivity (Wildman–Crippen MR) is 98.7 cm³/mol. The first-order chi connectivity index (χ1) is 12.4. The fraction of sp³-hybridized carbons (Fsp3) is 0.611. The van der Waals surface area contributed by atoms with Crippen molar-refractivity contribution in [2.24, 2.45) is 0 Å². The topological polar surface area (TPSA) is 76.2 Å². The largest absolute Gasteiger partial charge is 0.383 e. The molecule has 0 unspecified atom stereocenters. The molecule has 0 atom stereocenters. The zero-order chi connectivity index (χ0) is 19.2. The first kappa shape index (κ1) is 20.8. The van der Waals surface area contributed by atoms with Crippen molar-refractivity contribution in [1.82, 2.24) is 9.21 Å². The van der Waals surface area contributed by atoms with Crippen LogP contribution in [0, 0.1) is 0 Å². The monoisotopic (exact) mass is 384 g/mol. The van der Waals surface area contributed by atoms with Gasteiger partial charge in [0, 0.05) is 52.1 Å². The van der Waals surface area contributed by atoms with Crippen molar-refractivity contribution in [2.45, 2.75) is 30.7 Å². The highest BCUT2D eigenvalue weighted by Crippen LogP contribution is 2.20. The Morgan fingerprint density at radius 1 is 1.31 bits per heavy atom. The van der Waals surface area contributed by atoms with Gasteiger partial charge in [0.25, 0.3) is 5.91 Å². The minimum atomic E-state index is -3.66. The number of nitrogens with zero attached hydrogens (tertiary/aromatic N) is 2. The quantitative estimate of drug-likeness (QED) is 0.680. The van der Waals surface area contributed by atoms with E-state index in [2.05, 4.69) is 0 Å². The Morgan fingerprint density at radius 3 is 2.62 bits per heavy atom. The van der Waals surface area contributed by atoms with E-state index >= 15 is 0 Å². The molecule has 1 saturated heterocycles. The van der Waals surface area contributed by atoms with E-state index in [1.54, 1.807) is 12.1 Å². The van der Waals surface area contributed by atoms with E-state index in [1.807, 2.05) is 11.8 Å². The molecule has 1 aromatic rings. The number of amides is 1. The molecule has 1 heterocycles. The Labute approximate surface area is 155 Å². The molecule has 0 spiro atoms. The molecular weight excluding hydrogens is 356 g/mol. The van der Waals surface area contributed by atoms with Gasteiger partial charge in [-0.15, -0.1) is 0 Å². The molecule has 0 aromatic heterocycles. The number of benzene rings is 1. The van der Waals surface area contributed by atoms with Gasteiger partial charge >= 0.3 is 0 Å². The lowest BCUT2D eigenvalue weighted by atomic mass is 10.1. The second-order valence-electron chi connectivity index (χ2n) is 6.28. The molecule has 1 amide bonds. The molecule has 7 nitrogen and oxygen atoms in total. The van der Waals surface area contributed by atoms with E-state index in [1.165, 1.54) is 30.6 Å². The van der Waals surface area contributed by atoms with E-state index in [4.69, 9.17) is 9.47 Å². The predicted octanol–water partition coefficient (Wildman–Crippen LogP) is 1.59. The van der Waals surface area contributed by atoms with Gasteiger partial charge < -0.3 is 14.4 Å². The maximum Gasteiger partial charge on any atom is 0.254 e. The van der Waals surface area contributed by atoms with Gasteiger partial charge in [-0.05, 0) is 38.0 Å². The Morgan fingerprint density at radius 2 is 2.00 bits per heavy atom. The number of likely N-dealkylation sites (N-methyl/N-ethyl adjacent to an activating group) is 1. The van der Waals surface area contributed by atoms with E-state index in [9.17, 15) is 13.2 Å². The standard InChI is InChI=1S/C18H28N2O5S/c1-4-20(16-8-11-25-12-9-16)18(21)15-6-5-7-17(14-15)26(22,23)19(2)10-13-24-3/h5-7,14,16H,4,8-13H2,1-3H3. The van der Waals surface area contributed by atoms with Crippen molar-refractivity contribution in [2.75, 3.05) is 47.1 Å². The first-order valence-corrected chi connectivity index (χ1v) is 10.3. The zero-order valence-electron chi connectivity index (χ0n) is 15.7. The molecule has 1 aliphatic heterocycles. The SMILES string of the molecule is CCN(C(=O)c1cccc(S(=O)(=O)N(C)CCOC)c1)C1CCOCC1. The molecule has 0 bridgehead atoms. The number of rotatable bonds is 8. The number of hydrogen-bond donors (Lipinski definition) is 0. The van der Waals surface area contributed by atoms with Crippen molar-refractivity contribution in [3.8, 4) is 0 Å². The van der Waals surface area contributed by atoms with Crippen molar-refractivity contribution in [3.63, 3.8) is 0 Å². The Bertz CT molecular complexity index is 701. The van der Waals surface area contributed by atoms with Crippen LogP contribution in [0.2, 0.25) is 0 Å². The second-order valence-corrected chi connectivity index (χ2v) is 8.33. The van der Waals surface area contributed by atoms with Gasteiger partial charge in [-0.1, -0.05) is 6.07 Å². The number of sulfonamides is 1. The van der Waals surface area contributed by atoms with Gasteiger partial charge in [0.05, 0.1) is 11.5 Å². The fourth-order valence-corrected chi connectivity index (χ4v) is 4.24. The first-order valence-electron chi connectivity index (χ1n) is 8.85. The molecular formula is C18H28N2O5S. The van der Waals surface area contributed by atoms with Crippen LogP contribution in [0.15, 0.2) is 29.2 Å². The van der Waals surface area contributed by atoms with Crippen LogP contribution in [0.1, 0.15) is 30.1 Å². The summed E-state index contributed by atoms with van der Waals surface area (Å²) in [6.07, 6.45) is 1.61. The highest BCUT2D eigenvalue weighted by Gasteiger charge is 2.27. The van der Waals surface area contributed by atoms with E-state index in [-0.39, 0.29) is 23.4 Å². The molecule has 1 fully saturated rings. The maximum atomic E-state index is 13.0.